The van der Waals surface area contributed by atoms with Gasteiger partial charge in [-0.1, -0.05) is 0 Å². The van der Waals surface area contributed by atoms with Crippen molar-refractivity contribution in [1.82, 2.24) is 20.1 Å². The Morgan fingerprint density at radius 1 is 1.32 bits per heavy atom. The standard InChI is InChI=1S/C12H18N4OS2/c1-8-14-15-10(19-8)6-16(4)5-9-7-18-11(13-9)12(2,3)17/h7,17H,5-6H2,1-4H3. The van der Waals surface area contributed by atoms with Crippen LogP contribution < -0.4 is 0 Å². The van der Waals surface area contributed by atoms with Crippen molar-refractivity contribution in [3.8, 4) is 0 Å². The van der Waals surface area contributed by atoms with Crippen LogP contribution >= 0.6 is 22.7 Å². The molecule has 2 heterocycles. The first-order chi connectivity index (χ1) is 8.84. The monoisotopic (exact) mass is 298 g/mol. The Labute approximate surface area is 121 Å². The molecule has 1 N–H and O–H groups in total. The second kappa shape index (κ2) is 5.62. The van der Waals surface area contributed by atoms with Crippen molar-refractivity contribution >= 4 is 22.7 Å². The Morgan fingerprint density at radius 2 is 2.05 bits per heavy atom. The molecular weight excluding hydrogens is 280 g/mol. The Kier molecular flexibility index (Phi) is 4.29. The van der Waals surface area contributed by atoms with Crippen LogP contribution in [0.1, 0.15) is 34.6 Å². The fourth-order valence-electron chi connectivity index (χ4n) is 1.63. The maximum Gasteiger partial charge on any atom is 0.131 e. The van der Waals surface area contributed by atoms with Gasteiger partial charge in [0.05, 0.1) is 12.2 Å². The summed E-state index contributed by atoms with van der Waals surface area (Å²) in [6, 6.07) is 0. The summed E-state index contributed by atoms with van der Waals surface area (Å²) in [6.07, 6.45) is 0. The molecule has 0 aromatic carbocycles. The molecule has 0 bridgehead atoms. The highest BCUT2D eigenvalue weighted by Crippen LogP contribution is 2.24. The van der Waals surface area contributed by atoms with Crippen LogP contribution in [-0.2, 0) is 18.7 Å². The average molecular weight is 298 g/mol. The van der Waals surface area contributed by atoms with Crippen molar-refractivity contribution in [2.24, 2.45) is 0 Å². The largest absolute Gasteiger partial charge is 0.383 e. The smallest absolute Gasteiger partial charge is 0.131 e. The maximum absolute atomic E-state index is 9.89. The summed E-state index contributed by atoms with van der Waals surface area (Å²) in [5, 5.41) is 22.8. The van der Waals surface area contributed by atoms with E-state index in [1.54, 1.807) is 25.2 Å². The second-order valence-electron chi connectivity index (χ2n) is 5.09. The number of thiazole rings is 1. The predicted molar refractivity (Wildman–Crippen MR) is 77.2 cm³/mol. The summed E-state index contributed by atoms with van der Waals surface area (Å²) in [6.45, 7) is 6.97. The van der Waals surface area contributed by atoms with Crippen LogP contribution in [0.4, 0.5) is 0 Å². The van der Waals surface area contributed by atoms with Crippen molar-refractivity contribution in [3.63, 3.8) is 0 Å². The third-order valence-electron chi connectivity index (χ3n) is 2.48. The number of aromatic nitrogens is 3. The molecule has 0 unspecified atom stereocenters. The summed E-state index contributed by atoms with van der Waals surface area (Å²) in [5.41, 5.74) is 0.114. The van der Waals surface area contributed by atoms with E-state index in [1.807, 2.05) is 19.4 Å². The zero-order valence-electron chi connectivity index (χ0n) is 11.5. The summed E-state index contributed by atoms with van der Waals surface area (Å²) >= 11 is 3.11. The molecule has 0 spiro atoms. The summed E-state index contributed by atoms with van der Waals surface area (Å²) in [4.78, 5) is 6.60. The van der Waals surface area contributed by atoms with Gasteiger partial charge in [0.1, 0.15) is 20.6 Å². The molecule has 0 atom stereocenters. The molecule has 104 valence electrons. The van der Waals surface area contributed by atoms with Crippen LogP contribution in [0.2, 0.25) is 0 Å². The minimum Gasteiger partial charge on any atom is -0.383 e. The highest BCUT2D eigenvalue weighted by Gasteiger charge is 2.20. The van der Waals surface area contributed by atoms with Crippen LogP contribution in [0, 0.1) is 6.92 Å². The molecule has 2 rings (SSSR count). The molecule has 5 nitrogen and oxygen atoms in total. The van der Waals surface area contributed by atoms with Gasteiger partial charge in [-0.2, -0.15) is 0 Å². The van der Waals surface area contributed by atoms with Crippen molar-refractivity contribution in [2.75, 3.05) is 7.05 Å². The number of hydrogen-bond acceptors (Lipinski definition) is 7. The van der Waals surface area contributed by atoms with E-state index in [9.17, 15) is 5.11 Å². The predicted octanol–water partition coefficient (Wildman–Crippen LogP) is 2.16. The molecule has 2 aromatic heterocycles. The lowest BCUT2D eigenvalue weighted by molar-refractivity contribution is 0.0780. The van der Waals surface area contributed by atoms with Crippen LogP contribution in [0.5, 0.6) is 0 Å². The summed E-state index contributed by atoms with van der Waals surface area (Å²) < 4.78 is 0. The lowest BCUT2D eigenvalue weighted by Crippen LogP contribution is -2.18. The van der Waals surface area contributed by atoms with Crippen molar-refractivity contribution < 1.29 is 5.11 Å². The molecule has 2 aromatic rings. The Morgan fingerprint density at radius 3 is 2.58 bits per heavy atom. The fourth-order valence-corrected chi connectivity index (χ4v) is 3.25. The molecule has 0 aliphatic heterocycles. The van der Waals surface area contributed by atoms with Crippen LogP contribution in [0.15, 0.2) is 5.38 Å². The maximum atomic E-state index is 9.89. The number of aliphatic hydroxyl groups is 1. The first-order valence-corrected chi connectivity index (χ1v) is 7.69. The Hall–Kier alpha value is -0.890. The van der Waals surface area contributed by atoms with Crippen molar-refractivity contribution in [3.05, 3.63) is 26.1 Å². The highest BCUT2D eigenvalue weighted by atomic mass is 32.1. The van der Waals surface area contributed by atoms with Crippen molar-refractivity contribution in [1.29, 1.82) is 0 Å². The molecule has 0 radical (unpaired) electrons. The van der Waals surface area contributed by atoms with Crippen LogP contribution in [0.25, 0.3) is 0 Å². The molecule has 19 heavy (non-hydrogen) atoms. The van der Waals surface area contributed by atoms with Crippen LogP contribution in [-0.4, -0.2) is 32.2 Å². The van der Waals surface area contributed by atoms with Gasteiger partial charge in [-0.3, -0.25) is 4.90 Å². The molecule has 7 heteroatoms. The quantitative estimate of drug-likeness (QED) is 0.916. The average Bonchev–Trinajstić information content (AvgIpc) is 2.87. The number of nitrogens with zero attached hydrogens (tertiary/aromatic N) is 4. The van der Waals surface area contributed by atoms with E-state index in [1.165, 1.54) is 11.3 Å². The second-order valence-corrected chi connectivity index (χ2v) is 7.21. The van der Waals surface area contributed by atoms with Gasteiger partial charge >= 0.3 is 0 Å². The lowest BCUT2D eigenvalue weighted by Gasteiger charge is -2.14. The first kappa shape index (κ1) is 14.5. The number of rotatable bonds is 5. The minimum absolute atomic E-state index is 0.741. The summed E-state index contributed by atoms with van der Waals surface area (Å²) in [7, 11) is 2.03. The van der Waals surface area contributed by atoms with Gasteiger partial charge in [0.15, 0.2) is 0 Å². The number of aryl methyl sites for hydroxylation is 1. The molecule has 0 fully saturated rings. The third kappa shape index (κ3) is 4.04. The molecule has 0 aliphatic rings. The number of hydrogen-bond donors (Lipinski definition) is 1. The van der Waals surface area contributed by atoms with E-state index >= 15 is 0 Å². The van der Waals surface area contributed by atoms with Crippen LogP contribution in [0.3, 0.4) is 0 Å². The van der Waals surface area contributed by atoms with E-state index in [0.29, 0.717) is 0 Å². The normalized spacial score (nSPS) is 12.3. The van der Waals surface area contributed by atoms with E-state index in [0.717, 1.165) is 33.8 Å². The van der Waals surface area contributed by atoms with Gasteiger partial charge in [0.25, 0.3) is 0 Å². The topological polar surface area (TPSA) is 62.1 Å². The van der Waals surface area contributed by atoms with E-state index in [-0.39, 0.29) is 0 Å². The summed E-state index contributed by atoms with van der Waals surface area (Å²) in [5.74, 6) is 0. The van der Waals surface area contributed by atoms with Crippen molar-refractivity contribution in [2.45, 2.75) is 39.5 Å². The van der Waals surface area contributed by atoms with Gasteiger partial charge in [-0.25, -0.2) is 4.98 Å². The molecule has 0 saturated carbocycles. The molecular formula is C12H18N4OS2. The van der Waals surface area contributed by atoms with Gasteiger partial charge < -0.3 is 5.11 Å². The Balaban J connectivity index is 1.95. The highest BCUT2D eigenvalue weighted by molar-refractivity contribution is 7.11. The molecule has 0 aliphatic carbocycles. The first-order valence-electron chi connectivity index (χ1n) is 5.99. The lowest BCUT2D eigenvalue weighted by atomic mass is 10.1. The van der Waals surface area contributed by atoms with Gasteiger partial charge in [-0.15, -0.1) is 32.9 Å². The fraction of sp³-hybridized carbons (Fsp3) is 0.583. The van der Waals surface area contributed by atoms with Gasteiger partial charge in [0.2, 0.25) is 0 Å². The van der Waals surface area contributed by atoms with Gasteiger partial charge in [0, 0.05) is 11.9 Å². The molecule has 0 saturated heterocycles. The third-order valence-corrected chi connectivity index (χ3v) is 4.51. The molecule has 0 amide bonds. The zero-order valence-corrected chi connectivity index (χ0v) is 13.2. The van der Waals surface area contributed by atoms with Gasteiger partial charge in [-0.05, 0) is 27.8 Å². The van der Waals surface area contributed by atoms with E-state index in [2.05, 4.69) is 20.1 Å². The van der Waals surface area contributed by atoms with E-state index in [4.69, 9.17) is 0 Å². The minimum atomic E-state index is -0.863. The zero-order chi connectivity index (χ0) is 14.0. The SMILES string of the molecule is Cc1nnc(CN(C)Cc2csc(C(C)(C)O)n2)s1. The van der Waals surface area contributed by atoms with E-state index < -0.39 is 5.60 Å². The Bertz CT molecular complexity index is 544.